The van der Waals surface area contributed by atoms with Crippen molar-refractivity contribution in [3.63, 3.8) is 0 Å². The molecule has 0 aromatic heterocycles. The van der Waals surface area contributed by atoms with E-state index in [0.29, 0.717) is 12.8 Å². The lowest BCUT2D eigenvalue weighted by Gasteiger charge is -2.39. The number of rotatable bonds is 3. The molecule has 3 N–H and O–H groups in total. The highest BCUT2D eigenvalue weighted by Gasteiger charge is 2.47. The van der Waals surface area contributed by atoms with E-state index in [0.717, 1.165) is 11.1 Å². The Balaban J connectivity index is 1.81. The predicted octanol–water partition coefficient (Wildman–Crippen LogP) is 0.415. The van der Waals surface area contributed by atoms with Crippen molar-refractivity contribution < 1.29 is 34.1 Å². The molecule has 2 aliphatic rings. The summed E-state index contributed by atoms with van der Waals surface area (Å²) in [6, 6.07) is 7.60. The third kappa shape index (κ3) is 2.90. The lowest BCUT2D eigenvalue weighted by Crippen LogP contribution is -2.49. The molecule has 1 amide bonds. The highest BCUT2D eigenvalue weighted by Crippen LogP contribution is 2.37. The Labute approximate surface area is 136 Å². The van der Waals surface area contributed by atoms with E-state index < -0.39 is 41.7 Å². The zero-order valence-corrected chi connectivity index (χ0v) is 12.6. The van der Waals surface area contributed by atoms with Gasteiger partial charge >= 0.3 is 17.9 Å². The number of carbonyl (C=O) groups is 3. The molecule has 0 bridgehead atoms. The number of hydrogen-bond acceptors (Lipinski definition) is 6. The number of carboxylic acid groups (broad SMARTS) is 1. The first kappa shape index (κ1) is 15.9. The molecule has 0 radical (unpaired) electrons. The summed E-state index contributed by atoms with van der Waals surface area (Å²) < 4.78 is 10.7. The summed E-state index contributed by atoms with van der Waals surface area (Å²) in [5.41, 5.74) is 1.31. The molecule has 1 aromatic carbocycles. The van der Waals surface area contributed by atoms with Gasteiger partial charge in [-0.3, -0.25) is 9.59 Å². The van der Waals surface area contributed by atoms with Crippen LogP contribution in [0, 0.1) is 0 Å². The van der Waals surface area contributed by atoms with E-state index in [1.54, 1.807) is 0 Å². The van der Waals surface area contributed by atoms with Gasteiger partial charge in [0.25, 0.3) is 11.7 Å². The quantitative estimate of drug-likeness (QED) is 0.541. The second kappa shape index (κ2) is 5.88. The van der Waals surface area contributed by atoms with E-state index in [2.05, 4.69) is 0 Å². The van der Waals surface area contributed by atoms with Crippen LogP contribution in [0.15, 0.2) is 35.8 Å². The van der Waals surface area contributed by atoms with Crippen LogP contribution < -0.4 is 5.32 Å². The minimum Gasteiger partial charge on any atom is -0.480 e. The molecule has 1 atom stereocenters. The van der Waals surface area contributed by atoms with E-state index >= 15 is 0 Å². The van der Waals surface area contributed by atoms with E-state index in [9.17, 15) is 19.5 Å². The Bertz CT molecular complexity index is 755. The number of carbonyl (C=O) groups excluding carboxylic acids is 2. The number of aliphatic carboxylic acids is 1. The predicted molar refractivity (Wildman–Crippen MR) is 78.7 cm³/mol. The van der Waals surface area contributed by atoms with Gasteiger partial charge in [0.05, 0.1) is 6.42 Å². The number of amides is 1. The summed E-state index contributed by atoms with van der Waals surface area (Å²) in [6.07, 6.45) is 1.18. The topological polar surface area (TPSA) is 122 Å². The average Bonchev–Trinajstić information content (AvgIpc) is 2.52. The van der Waals surface area contributed by atoms with E-state index in [4.69, 9.17) is 14.6 Å². The zero-order chi connectivity index (χ0) is 17.3. The maximum absolute atomic E-state index is 12.1. The molecule has 1 unspecified atom stereocenters. The second-order valence-electron chi connectivity index (χ2n) is 5.60. The van der Waals surface area contributed by atoms with Gasteiger partial charge in [-0.25, -0.2) is 4.79 Å². The Morgan fingerprint density at radius 2 is 1.92 bits per heavy atom. The first-order chi connectivity index (χ1) is 11.4. The minimum atomic E-state index is -1.36. The van der Waals surface area contributed by atoms with Crippen molar-refractivity contribution in [1.82, 2.24) is 5.32 Å². The van der Waals surface area contributed by atoms with Crippen LogP contribution in [0.5, 0.6) is 0 Å². The number of fused-ring (bicyclic) bond motifs is 1. The molecule has 1 aliphatic carbocycles. The smallest absolute Gasteiger partial charge is 0.354 e. The molecule has 8 nitrogen and oxygen atoms in total. The fourth-order valence-corrected chi connectivity index (χ4v) is 2.84. The SMILES string of the molecule is O=C(O)CNC(=O)C1=C(O)OC2(CCc3ccccc3C2)OC1=O. The normalized spacial score (nSPS) is 22.4. The van der Waals surface area contributed by atoms with Crippen LogP contribution in [-0.2, 0) is 36.7 Å². The maximum Gasteiger partial charge on any atom is 0.354 e. The van der Waals surface area contributed by atoms with Crippen LogP contribution >= 0.6 is 0 Å². The number of aliphatic hydroxyl groups is 1. The van der Waals surface area contributed by atoms with Gasteiger partial charge in [-0.15, -0.1) is 0 Å². The Kier molecular flexibility index (Phi) is 3.88. The molecule has 1 spiro atoms. The fraction of sp³-hybridized carbons (Fsp3) is 0.312. The van der Waals surface area contributed by atoms with Gasteiger partial charge in [-0.05, 0) is 17.5 Å². The van der Waals surface area contributed by atoms with E-state index in [1.165, 1.54) is 0 Å². The van der Waals surface area contributed by atoms with Gasteiger partial charge in [0.15, 0.2) is 0 Å². The molecule has 3 rings (SSSR count). The summed E-state index contributed by atoms with van der Waals surface area (Å²) in [5, 5.41) is 20.5. The van der Waals surface area contributed by atoms with Crippen molar-refractivity contribution in [3.05, 3.63) is 46.9 Å². The lowest BCUT2D eigenvalue weighted by molar-refractivity contribution is -0.242. The Hall–Kier alpha value is -3.03. The van der Waals surface area contributed by atoms with Crippen LogP contribution in [0.4, 0.5) is 0 Å². The van der Waals surface area contributed by atoms with Gasteiger partial charge in [0.1, 0.15) is 6.54 Å². The largest absolute Gasteiger partial charge is 0.480 e. The van der Waals surface area contributed by atoms with E-state index in [-0.39, 0.29) is 6.42 Å². The molecule has 1 aromatic rings. The zero-order valence-electron chi connectivity index (χ0n) is 12.6. The van der Waals surface area contributed by atoms with Crippen molar-refractivity contribution in [2.75, 3.05) is 6.54 Å². The van der Waals surface area contributed by atoms with Gasteiger partial charge in [0.2, 0.25) is 5.57 Å². The number of ether oxygens (including phenoxy) is 2. The molecular weight excluding hydrogens is 318 g/mol. The first-order valence-corrected chi connectivity index (χ1v) is 7.32. The van der Waals surface area contributed by atoms with Crippen molar-refractivity contribution in [1.29, 1.82) is 0 Å². The number of hydrogen-bond donors (Lipinski definition) is 3. The van der Waals surface area contributed by atoms with Crippen molar-refractivity contribution >= 4 is 17.8 Å². The molecule has 1 heterocycles. The summed E-state index contributed by atoms with van der Waals surface area (Å²) in [7, 11) is 0. The van der Waals surface area contributed by atoms with Crippen LogP contribution in [-0.4, -0.2) is 40.4 Å². The van der Waals surface area contributed by atoms with Gasteiger partial charge < -0.3 is 25.0 Å². The molecule has 0 saturated heterocycles. The Morgan fingerprint density at radius 3 is 2.58 bits per heavy atom. The second-order valence-corrected chi connectivity index (χ2v) is 5.60. The summed E-state index contributed by atoms with van der Waals surface area (Å²) in [5.74, 6) is -5.60. The van der Waals surface area contributed by atoms with Gasteiger partial charge in [-0.1, -0.05) is 24.3 Å². The molecular formula is C16H15NO7. The van der Waals surface area contributed by atoms with Gasteiger partial charge in [0, 0.05) is 6.42 Å². The van der Waals surface area contributed by atoms with Gasteiger partial charge in [-0.2, -0.15) is 0 Å². The average molecular weight is 333 g/mol. The monoisotopic (exact) mass is 333 g/mol. The highest BCUT2D eigenvalue weighted by molar-refractivity contribution is 6.17. The first-order valence-electron chi connectivity index (χ1n) is 7.32. The number of aryl methyl sites for hydroxylation is 1. The number of nitrogens with one attached hydrogen (secondary N) is 1. The lowest BCUT2D eigenvalue weighted by atomic mass is 9.87. The van der Waals surface area contributed by atoms with Crippen LogP contribution in [0.2, 0.25) is 0 Å². The van der Waals surface area contributed by atoms with Crippen molar-refractivity contribution in [3.8, 4) is 0 Å². The van der Waals surface area contributed by atoms with Crippen LogP contribution in [0.1, 0.15) is 17.5 Å². The highest BCUT2D eigenvalue weighted by atomic mass is 16.8. The molecule has 8 heteroatoms. The van der Waals surface area contributed by atoms with Crippen molar-refractivity contribution in [2.24, 2.45) is 0 Å². The number of carboxylic acids is 1. The molecule has 0 saturated carbocycles. The van der Waals surface area contributed by atoms with Crippen LogP contribution in [0.25, 0.3) is 0 Å². The minimum absolute atomic E-state index is 0.253. The number of aliphatic hydroxyl groups excluding tert-OH is 1. The molecule has 0 fully saturated rings. The fourth-order valence-electron chi connectivity index (χ4n) is 2.84. The molecule has 24 heavy (non-hydrogen) atoms. The van der Waals surface area contributed by atoms with Crippen molar-refractivity contribution in [2.45, 2.75) is 25.0 Å². The summed E-state index contributed by atoms with van der Waals surface area (Å²) in [4.78, 5) is 34.4. The summed E-state index contributed by atoms with van der Waals surface area (Å²) >= 11 is 0. The summed E-state index contributed by atoms with van der Waals surface area (Å²) in [6.45, 7) is -0.693. The third-order valence-electron chi connectivity index (χ3n) is 3.96. The molecule has 1 aliphatic heterocycles. The van der Waals surface area contributed by atoms with Crippen LogP contribution in [0.3, 0.4) is 0 Å². The number of esters is 1. The third-order valence-corrected chi connectivity index (χ3v) is 3.96. The standard InChI is InChI=1S/C16H15NO7/c18-11(19)8-17-13(20)12-14(21)23-16(24-15(12)22)6-5-9-3-1-2-4-10(9)7-16/h1-4,21H,5-8H2,(H,17,20)(H,18,19). The maximum atomic E-state index is 12.1. The van der Waals surface area contributed by atoms with E-state index in [1.807, 2.05) is 29.6 Å². The Morgan fingerprint density at radius 1 is 1.21 bits per heavy atom. The molecule has 126 valence electrons. The number of benzene rings is 1.